The fourth-order valence-corrected chi connectivity index (χ4v) is 8.90. The second-order valence-corrected chi connectivity index (χ2v) is 20.3. The number of fused-ring (bicyclic) bond motifs is 1. The molecule has 400 valence electrons. The Hall–Kier alpha value is -6.55. The molecular formula is C51H70N12O10S. The van der Waals surface area contributed by atoms with Crippen molar-refractivity contribution >= 4 is 51.8 Å². The molecular weight excluding hydrogens is 973 g/mol. The SMILES string of the molecule is CCn1c(-c2nonc2N)nc2c(C#CC(C)(C)O)ncc(OCCCNCCCC(=O)NCCOCCOCCC(=O)NC(C(=O)N3C[C@H](O)C[C@H]3C(=O)NCc3ccc(-c4scnc4C)cc3)C(C)(C)C)c21. The van der Waals surface area contributed by atoms with Gasteiger partial charge in [-0.2, -0.15) is 0 Å². The summed E-state index contributed by atoms with van der Waals surface area (Å²) in [5.41, 5.74) is 10.5. The van der Waals surface area contributed by atoms with E-state index < -0.39 is 35.1 Å². The minimum Gasteiger partial charge on any atom is -0.490 e. The number of ether oxygens (including phenoxy) is 3. The van der Waals surface area contributed by atoms with Crippen LogP contribution in [0.3, 0.4) is 0 Å². The number of aliphatic hydroxyl groups excluding tert-OH is 1. The molecule has 0 saturated carbocycles. The fraction of sp³-hybridized carbons (Fsp3) is 0.549. The molecule has 4 aromatic heterocycles. The zero-order valence-corrected chi connectivity index (χ0v) is 44.1. The van der Waals surface area contributed by atoms with Crippen LogP contribution in [-0.4, -0.2) is 152 Å². The fourth-order valence-electron chi connectivity index (χ4n) is 8.09. The number of imidazole rings is 1. The summed E-state index contributed by atoms with van der Waals surface area (Å²) in [7, 11) is 0. The van der Waals surface area contributed by atoms with Crippen molar-refractivity contribution in [1.82, 2.24) is 56.0 Å². The van der Waals surface area contributed by atoms with E-state index in [9.17, 15) is 29.4 Å². The first-order chi connectivity index (χ1) is 35.3. The summed E-state index contributed by atoms with van der Waals surface area (Å²) in [5, 5.41) is 40.3. The molecule has 1 unspecified atom stereocenters. The Labute approximate surface area is 434 Å². The van der Waals surface area contributed by atoms with Crippen LogP contribution in [0, 0.1) is 24.2 Å². The minimum absolute atomic E-state index is 0.00177. The Bertz CT molecular complexity index is 2730. The summed E-state index contributed by atoms with van der Waals surface area (Å²) < 4.78 is 24.1. The van der Waals surface area contributed by atoms with Crippen LogP contribution in [0.2, 0.25) is 0 Å². The maximum Gasteiger partial charge on any atom is 0.246 e. The third kappa shape index (κ3) is 16.0. The van der Waals surface area contributed by atoms with Gasteiger partial charge in [0.15, 0.2) is 23.1 Å². The minimum atomic E-state index is -1.24. The summed E-state index contributed by atoms with van der Waals surface area (Å²) in [4.78, 5) is 68.8. The molecule has 0 bridgehead atoms. The number of hydrogen-bond acceptors (Lipinski definition) is 18. The van der Waals surface area contributed by atoms with Crippen LogP contribution >= 0.6 is 11.3 Å². The molecule has 23 heteroatoms. The number of β-amino-alcohol motifs (C(OH)–C–C–N with tert-alkyl or cyclic N) is 1. The van der Waals surface area contributed by atoms with Gasteiger partial charge in [-0.1, -0.05) is 51.0 Å². The van der Waals surface area contributed by atoms with Crippen molar-refractivity contribution < 1.29 is 48.2 Å². The molecule has 1 aliphatic rings. The monoisotopic (exact) mass is 1040 g/mol. The summed E-state index contributed by atoms with van der Waals surface area (Å²) in [6.07, 6.45) is 2.46. The second-order valence-electron chi connectivity index (χ2n) is 19.5. The van der Waals surface area contributed by atoms with E-state index in [4.69, 9.17) is 29.6 Å². The van der Waals surface area contributed by atoms with Crippen LogP contribution in [0.5, 0.6) is 5.75 Å². The normalized spacial score (nSPS) is 15.2. The van der Waals surface area contributed by atoms with E-state index >= 15 is 0 Å². The number of carbonyl (C=O) groups is 4. The van der Waals surface area contributed by atoms with E-state index in [2.05, 4.69) is 53.4 Å². The Morgan fingerprint density at radius 3 is 2.36 bits per heavy atom. The zero-order valence-electron chi connectivity index (χ0n) is 43.3. The number of nitrogens with zero attached hydrogens (tertiary/aromatic N) is 7. The summed E-state index contributed by atoms with van der Waals surface area (Å²) >= 11 is 1.57. The van der Waals surface area contributed by atoms with Gasteiger partial charge in [-0.05, 0) is 86.4 Å². The predicted molar refractivity (Wildman–Crippen MR) is 277 cm³/mol. The van der Waals surface area contributed by atoms with Gasteiger partial charge in [0.1, 0.15) is 34.4 Å². The molecule has 0 spiro atoms. The van der Waals surface area contributed by atoms with E-state index in [0.717, 1.165) is 21.7 Å². The zero-order chi connectivity index (χ0) is 53.4. The number of nitrogen functional groups attached to an aromatic ring is 1. The molecule has 1 fully saturated rings. The van der Waals surface area contributed by atoms with E-state index in [1.165, 1.54) is 4.90 Å². The number of likely N-dealkylation sites (tertiary alicyclic amines) is 1. The molecule has 22 nitrogen and oxygen atoms in total. The van der Waals surface area contributed by atoms with E-state index in [0.29, 0.717) is 87.0 Å². The molecule has 8 N–H and O–H groups in total. The highest BCUT2D eigenvalue weighted by atomic mass is 32.1. The van der Waals surface area contributed by atoms with Crippen molar-refractivity contribution in [1.29, 1.82) is 0 Å². The van der Waals surface area contributed by atoms with E-state index in [1.807, 2.05) is 63.5 Å². The van der Waals surface area contributed by atoms with Crippen LogP contribution < -0.4 is 31.7 Å². The number of nitrogens with two attached hydrogens (primary N) is 1. The number of hydrogen-bond donors (Lipinski definition) is 7. The lowest BCUT2D eigenvalue weighted by molar-refractivity contribution is -0.144. The van der Waals surface area contributed by atoms with Gasteiger partial charge < -0.3 is 60.9 Å². The Balaban J connectivity index is 0.814. The van der Waals surface area contributed by atoms with Crippen molar-refractivity contribution in [2.45, 2.75) is 117 Å². The van der Waals surface area contributed by atoms with Crippen LogP contribution in [-0.2, 0) is 41.7 Å². The molecule has 1 saturated heterocycles. The van der Waals surface area contributed by atoms with E-state index in [-0.39, 0.29) is 75.0 Å². The number of pyridine rings is 1. The average Bonchev–Trinajstić information content (AvgIpc) is 4.17. The highest BCUT2D eigenvalue weighted by molar-refractivity contribution is 7.13. The van der Waals surface area contributed by atoms with Gasteiger partial charge in [0.25, 0.3) is 0 Å². The third-order valence-electron chi connectivity index (χ3n) is 11.9. The number of aliphatic hydroxyl groups is 2. The quantitative estimate of drug-likeness (QED) is 0.0309. The summed E-state index contributed by atoms with van der Waals surface area (Å²) in [6, 6.07) is 6.01. The molecule has 1 aromatic carbocycles. The number of aromatic nitrogens is 6. The average molecular weight is 1040 g/mol. The van der Waals surface area contributed by atoms with Crippen molar-refractivity contribution in [2.75, 3.05) is 64.9 Å². The smallest absolute Gasteiger partial charge is 0.246 e. The highest BCUT2D eigenvalue weighted by Crippen LogP contribution is 2.34. The number of carbonyl (C=O) groups excluding carboxylic acids is 4. The Morgan fingerprint density at radius 1 is 0.946 bits per heavy atom. The lowest BCUT2D eigenvalue weighted by Crippen LogP contribution is -2.57. The standard InChI is InChI=1S/C51H70N12O10S/c1-8-62-43-38(29-55-36(16-18-51(6,7)69)41(43)59-47(62)42-46(52)61-73-60-42)72-22-10-20-53-19-9-11-39(65)54-21-24-71-26-25-70-23-17-40(66)58-45(50(3,4)5)49(68)63-30-35(64)27-37(63)48(67)56-28-33-12-14-34(15-13-33)44-32(2)57-31-74-44/h12-15,29,31,35,37,45,53,64,69H,8-11,17,19-28,30H2,1-7H3,(H2,52,61)(H,54,65)(H,56,67)(H,58,66)/t35-,37+,45?/m1/s1. The molecule has 5 heterocycles. The first kappa shape index (κ1) is 56.7. The molecule has 6 rings (SSSR count). The van der Waals surface area contributed by atoms with Gasteiger partial charge >= 0.3 is 0 Å². The summed E-state index contributed by atoms with van der Waals surface area (Å²) in [5.74, 6) is 5.43. The van der Waals surface area contributed by atoms with Crippen molar-refractivity contribution in [3.63, 3.8) is 0 Å². The maximum absolute atomic E-state index is 14.0. The number of benzene rings is 1. The molecule has 4 amide bonds. The molecule has 3 atom stereocenters. The predicted octanol–water partition coefficient (Wildman–Crippen LogP) is 3.13. The van der Waals surface area contributed by atoms with Crippen LogP contribution in [0.4, 0.5) is 5.82 Å². The Kier molecular flexibility index (Phi) is 20.4. The third-order valence-corrected chi connectivity index (χ3v) is 12.9. The lowest BCUT2D eigenvalue weighted by Gasteiger charge is -2.35. The highest BCUT2D eigenvalue weighted by Gasteiger charge is 2.44. The first-order valence-electron chi connectivity index (χ1n) is 24.9. The van der Waals surface area contributed by atoms with E-state index in [1.54, 1.807) is 36.9 Å². The molecule has 1 aliphatic heterocycles. The second kappa shape index (κ2) is 26.6. The molecule has 74 heavy (non-hydrogen) atoms. The van der Waals surface area contributed by atoms with Gasteiger partial charge in [-0.3, -0.25) is 19.2 Å². The van der Waals surface area contributed by atoms with Crippen molar-refractivity contribution in [2.24, 2.45) is 5.41 Å². The topological polar surface area (TPSA) is 296 Å². The van der Waals surface area contributed by atoms with Gasteiger partial charge in [-0.25, -0.2) is 19.6 Å². The van der Waals surface area contributed by atoms with Crippen molar-refractivity contribution in [3.8, 4) is 39.5 Å². The number of rotatable bonds is 26. The first-order valence-corrected chi connectivity index (χ1v) is 25.8. The molecule has 5 aromatic rings. The number of nitrogens with one attached hydrogen (secondary N) is 4. The molecule has 0 radical (unpaired) electrons. The van der Waals surface area contributed by atoms with Gasteiger partial charge in [0.2, 0.25) is 23.6 Å². The number of anilines is 1. The number of thiazole rings is 1. The van der Waals surface area contributed by atoms with Gasteiger partial charge in [-0.15, -0.1) is 11.3 Å². The van der Waals surface area contributed by atoms with Crippen molar-refractivity contribution in [3.05, 3.63) is 52.9 Å². The Morgan fingerprint density at radius 2 is 1.69 bits per heavy atom. The largest absolute Gasteiger partial charge is 0.490 e. The van der Waals surface area contributed by atoms with Crippen LogP contribution in [0.25, 0.3) is 33.0 Å². The van der Waals surface area contributed by atoms with Crippen LogP contribution in [0.1, 0.15) is 90.6 Å². The van der Waals surface area contributed by atoms with Gasteiger partial charge in [0, 0.05) is 45.4 Å². The number of aryl methyl sites for hydroxylation is 2. The lowest BCUT2D eigenvalue weighted by atomic mass is 9.85. The number of amides is 4. The molecule has 0 aliphatic carbocycles. The summed E-state index contributed by atoms with van der Waals surface area (Å²) in [6.45, 7) is 16.2. The van der Waals surface area contributed by atoms with Crippen LogP contribution in [0.15, 0.2) is 40.6 Å². The van der Waals surface area contributed by atoms with Gasteiger partial charge in [0.05, 0.1) is 61.4 Å². The maximum atomic E-state index is 14.0.